The first-order valence-electron chi connectivity index (χ1n) is 10.7. The zero-order valence-corrected chi connectivity index (χ0v) is 17.8. The Labute approximate surface area is 180 Å². The van der Waals surface area contributed by atoms with Gasteiger partial charge in [0.15, 0.2) is 0 Å². The van der Waals surface area contributed by atoms with E-state index < -0.39 is 6.10 Å². The van der Waals surface area contributed by atoms with E-state index in [2.05, 4.69) is 40.0 Å². The molecular formula is C22H27N7O2. The van der Waals surface area contributed by atoms with Crippen LogP contribution in [0.15, 0.2) is 43.2 Å². The third kappa shape index (κ3) is 3.64. The summed E-state index contributed by atoms with van der Waals surface area (Å²) in [5.41, 5.74) is 4.46. The van der Waals surface area contributed by atoms with Crippen molar-refractivity contribution in [3.8, 4) is 22.5 Å². The van der Waals surface area contributed by atoms with Gasteiger partial charge in [0, 0.05) is 23.5 Å². The second-order valence-electron chi connectivity index (χ2n) is 9.03. The lowest BCUT2D eigenvalue weighted by Crippen LogP contribution is -2.21. The monoisotopic (exact) mass is 421 g/mol. The molecule has 31 heavy (non-hydrogen) atoms. The second-order valence-corrected chi connectivity index (χ2v) is 9.03. The van der Waals surface area contributed by atoms with Crippen LogP contribution in [-0.4, -0.2) is 57.1 Å². The highest BCUT2D eigenvalue weighted by atomic mass is 16.3. The van der Waals surface area contributed by atoms with Crippen molar-refractivity contribution in [1.29, 1.82) is 0 Å². The summed E-state index contributed by atoms with van der Waals surface area (Å²) in [7, 11) is 0. The van der Waals surface area contributed by atoms with Gasteiger partial charge in [-0.1, -0.05) is 20.3 Å². The average Bonchev–Trinajstić information content (AvgIpc) is 3.53. The number of aliphatic hydroxyl groups excluding tert-OH is 2. The van der Waals surface area contributed by atoms with Crippen molar-refractivity contribution in [3.05, 3.63) is 43.2 Å². The van der Waals surface area contributed by atoms with Crippen molar-refractivity contribution < 1.29 is 10.2 Å². The van der Waals surface area contributed by atoms with Gasteiger partial charge in [-0.25, -0.2) is 9.50 Å². The van der Waals surface area contributed by atoms with Gasteiger partial charge in [0.2, 0.25) is 0 Å². The summed E-state index contributed by atoms with van der Waals surface area (Å²) in [6, 6.07) is 2.34. The van der Waals surface area contributed by atoms with E-state index >= 15 is 0 Å². The number of hydrogen-bond donors (Lipinski definition) is 2. The molecule has 4 aromatic rings. The van der Waals surface area contributed by atoms with Gasteiger partial charge in [-0.3, -0.25) is 9.36 Å². The predicted octanol–water partition coefficient (Wildman–Crippen LogP) is 2.56. The molecule has 1 saturated carbocycles. The predicted molar refractivity (Wildman–Crippen MR) is 115 cm³/mol. The Kier molecular flexibility index (Phi) is 4.86. The summed E-state index contributed by atoms with van der Waals surface area (Å²) in [6.45, 7) is 4.53. The van der Waals surface area contributed by atoms with Crippen molar-refractivity contribution in [2.75, 3.05) is 6.61 Å². The molecule has 1 aliphatic rings. The molecule has 0 saturated heterocycles. The van der Waals surface area contributed by atoms with E-state index in [0.717, 1.165) is 34.5 Å². The molecule has 0 aromatic carbocycles. The molecule has 4 heterocycles. The van der Waals surface area contributed by atoms with Crippen LogP contribution in [0.3, 0.4) is 0 Å². The molecule has 9 heteroatoms. The van der Waals surface area contributed by atoms with E-state index in [1.54, 1.807) is 17.1 Å². The summed E-state index contributed by atoms with van der Waals surface area (Å²) >= 11 is 0. The van der Waals surface area contributed by atoms with E-state index in [9.17, 15) is 5.11 Å². The summed E-state index contributed by atoms with van der Waals surface area (Å²) < 4.78 is 5.51. The van der Waals surface area contributed by atoms with E-state index in [1.807, 2.05) is 29.2 Å². The average molecular weight is 422 g/mol. The fourth-order valence-electron chi connectivity index (χ4n) is 4.58. The normalized spacial score (nSPS) is 19.3. The summed E-state index contributed by atoms with van der Waals surface area (Å²) in [6.07, 6.45) is 13.8. The molecule has 5 rings (SSSR count). The minimum Gasteiger partial charge on any atom is -0.394 e. The summed E-state index contributed by atoms with van der Waals surface area (Å²) in [5, 5.41) is 32.1. The SMILES string of the molecule is CC1(C)CCC[C@@H]1n1cc(-c2nc(-c3cnn(CC(O)CO)c3)cn3nccc23)cn1. The number of aliphatic hydroxyl groups is 2. The van der Waals surface area contributed by atoms with Gasteiger partial charge in [-0.05, 0) is 24.3 Å². The molecule has 0 aliphatic heterocycles. The van der Waals surface area contributed by atoms with Gasteiger partial charge in [0.1, 0.15) is 0 Å². The van der Waals surface area contributed by atoms with Crippen LogP contribution in [0.4, 0.5) is 0 Å². The molecule has 0 bridgehead atoms. The standard InChI is InChI=1S/C22H27N7O2/c1-22(2)6-3-4-20(22)29-11-16(9-25-29)21-19-5-7-23-28(19)13-18(26-21)15-8-24-27(10-15)12-17(31)14-30/h5,7-11,13,17,20,30-31H,3-4,6,12,14H2,1-2H3/t17?,20-/m0/s1. The number of aromatic nitrogens is 7. The maximum atomic E-state index is 9.68. The zero-order chi connectivity index (χ0) is 21.6. The molecule has 1 fully saturated rings. The van der Waals surface area contributed by atoms with Gasteiger partial charge in [0.05, 0.1) is 67.0 Å². The zero-order valence-electron chi connectivity index (χ0n) is 17.8. The quantitative estimate of drug-likeness (QED) is 0.496. The Balaban J connectivity index is 1.52. The van der Waals surface area contributed by atoms with E-state index in [1.165, 1.54) is 12.8 Å². The number of nitrogens with zero attached hydrogens (tertiary/aromatic N) is 7. The lowest BCUT2D eigenvalue weighted by Gasteiger charge is -2.27. The maximum absolute atomic E-state index is 9.68. The Morgan fingerprint density at radius 1 is 1.13 bits per heavy atom. The van der Waals surface area contributed by atoms with E-state index in [-0.39, 0.29) is 18.6 Å². The Hall–Kier alpha value is -3.04. The van der Waals surface area contributed by atoms with Crippen molar-refractivity contribution >= 4 is 5.52 Å². The van der Waals surface area contributed by atoms with Crippen molar-refractivity contribution in [2.45, 2.75) is 51.8 Å². The first kappa shape index (κ1) is 19.9. The number of hydrogen-bond acceptors (Lipinski definition) is 6. The highest BCUT2D eigenvalue weighted by Gasteiger charge is 2.36. The topological polar surface area (TPSA) is 106 Å². The molecule has 1 aliphatic carbocycles. The first-order valence-corrected chi connectivity index (χ1v) is 10.7. The molecule has 0 amide bonds. The number of fused-ring (bicyclic) bond motifs is 1. The van der Waals surface area contributed by atoms with Gasteiger partial charge < -0.3 is 10.2 Å². The third-order valence-corrected chi connectivity index (χ3v) is 6.32. The molecule has 2 atom stereocenters. The van der Waals surface area contributed by atoms with Crippen LogP contribution >= 0.6 is 0 Å². The largest absolute Gasteiger partial charge is 0.394 e. The van der Waals surface area contributed by atoms with Crippen LogP contribution in [-0.2, 0) is 6.54 Å². The van der Waals surface area contributed by atoms with Crippen molar-refractivity contribution in [3.63, 3.8) is 0 Å². The first-order chi connectivity index (χ1) is 14.9. The molecule has 162 valence electrons. The van der Waals surface area contributed by atoms with Crippen LogP contribution in [0.25, 0.3) is 28.0 Å². The lowest BCUT2D eigenvalue weighted by atomic mass is 9.87. The van der Waals surface area contributed by atoms with Crippen molar-refractivity contribution in [1.82, 2.24) is 34.2 Å². The molecule has 2 N–H and O–H groups in total. The molecule has 1 unspecified atom stereocenters. The summed E-state index contributed by atoms with van der Waals surface area (Å²) in [5.74, 6) is 0. The highest BCUT2D eigenvalue weighted by Crippen LogP contribution is 2.45. The van der Waals surface area contributed by atoms with Crippen LogP contribution in [0.5, 0.6) is 0 Å². The molecule has 4 aromatic heterocycles. The van der Waals surface area contributed by atoms with Crippen LogP contribution in [0.2, 0.25) is 0 Å². The second kappa shape index (κ2) is 7.58. The summed E-state index contributed by atoms with van der Waals surface area (Å²) in [4.78, 5) is 4.92. The van der Waals surface area contributed by atoms with E-state index in [0.29, 0.717) is 6.04 Å². The molecule has 0 spiro atoms. The Morgan fingerprint density at radius 3 is 2.74 bits per heavy atom. The van der Waals surface area contributed by atoms with Crippen LogP contribution in [0.1, 0.15) is 39.2 Å². The molecule has 0 radical (unpaired) electrons. The lowest BCUT2D eigenvalue weighted by molar-refractivity contribution is 0.0783. The minimum absolute atomic E-state index is 0.220. The molecule has 9 nitrogen and oxygen atoms in total. The highest BCUT2D eigenvalue weighted by molar-refractivity contribution is 5.78. The molecular weight excluding hydrogens is 394 g/mol. The number of rotatable bonds is 6. The van der Waals surface area contributed by atoms with Gasteiger partial charge in [-0.15, -0.1) is 0 Å². The van der Waals surface area contributed by atoms with E-state index in [4.69, 9.17) is 10.1 Å². The fourth-order valence-corrected chi connectivity index (χ4v) is 4.58. The Bertz CT molecular complexity index is 1210. The van der Waals surface area contributed by atoms with Gasteiger partial charge in [-0.2, -0.15) is 15.3 Å². The fraction of sp³-hybridized carbons (Fsp3) is 0.455. The minimum atomic E-state index is -0.851. The maximum Gasteiger partial charge on any atom is 0.0999 e. The van der Waals surface area contributed by atoms with Gasteiger partial charge in [0.25, 0.3) is 0 Å². The third-order valence-electron chi connectivity index (χ3n) is 6.32. The van der Waals surface area contributed by atoms with Gasteiger partial charge >= 0.3 is 0 Å². The smallest absolute Gasteiger partial charge is 0.0999 e. The van der Waals surface area contributed by atoms with Crippen LogP contribution in [0, 0.1) is 5.41 Å². The van der Waals surface area contributed by atoms with Crippen molar-refractivity contribution in [2.24, 2.45) is 5.41 Å². The van der Waals surface area contributed by atoms with Crippen LogP contribution < -0.4 is 0 Å². The Morgan fingerprint density at radius 2 is 1.97 bits per heavy atom.